The lowest BCUT2D eigenvalue weighted by atomic mass is 9.84. The van der Waals surface area contributed by atoms with Gasteiger partial charge >= 0.3 is 0 Å². The number of imidazole rings is 1. The molecule has 0 saturated heterocycles. The summed E-state index contributed by atoms with van der Waals surface area (Å²) in [5.74, 6) is 0.657. The Kier molecular flexibility index (Phi) is 2.90. The first-order valence-corrected chi connectivity index (χ1v) is 7.48. The van der Waals surface area contributed by atoms with Crippen molar-refractivity contribution in [3.63, 3.8) is 0 Å². The smallest absolute Gasteiger partial charge is 0.191 e. The third-order valence-corrected chi connectivity index (χ3v) is 4.40. The lowest BCUT2D eigenvalue weighted by Gasteiger charge is -2.34. The summed E-state index contributed by atoms with van der Waals surface area (Å²) in [6.07, 6.45) is 0.335. The molecule has 2 atom stereocenters. The molecule has 2 aromatic rings. The van der Waals surface area contributed by atoms with Gasteiger partial charge in [0.1, 0.15) is 17.6 Å². The van der Waals surface area contributed by atoms with Gasteiger partial charge in [-0.1, -0.05) is 30.3 Å². The van der Waals surface area contributed by atoms with Crippen molar-refractivity contribution < 1.29 is 9.90 Å². The minimum atomic E-state index is -1.05. The van der Waals surface area contributed by atoms with E-state index in [0.29, 0.717) is 12.0 Å². The number of hydrogen-bond donors (Lipinski definition) is 3. The summed E-state index contributed by atoms with van der Waals surface area (Å²) >= 11 is 0. The molecule has 4 rings (SSSR count). The Morgan fingerprint density at radius 3 is 2.77 bits per heavy atom. The van der Waals surface area contributed by atoms with Gasteiger partial charge in [-0.3, -0.25) is 4.79 Å². The summed E-state index contributed by atoms with van der Waals surface area (Å²) in [5.41, 5.74) is 4.21. The van der Waals surface area contributed by atoms with Gasteiger partial charge in [0.25, 0.3) is 0 Å². The average molecular weight is 295 g/mol. The van der Waals surface area contributed by atoms with Crippen LogP contribution in [0.15, 0.2) is 35.9 Å². The predicted molar refractivity (Wildman–Crippen MR) is 81.9 cm³/mol. The Balaban J connectivity index is 1.81. The van der Waals surface area contributed by atoms with Crippen molar-refractivity contribution in [2.45, 2.75) is 31.9 Å². The summed E-state index contributed by atoms with van der Waals surface area (Å²) < 4.78 is 0. The Morgan fingerprint density at radius 1 is 1.23 bits per heavy atom. The van der Waals surface area contributed by atoms with E-state index in [1.807, 2.05) is 37.3 Å². The van der Waals surface area contributed by atoms with Crippen molar-refractivity contribution in [1.82, 2.24) is 15.3 Å². The van der Waals surface area contributed by atoms with Crippen LogP contribution in [0.5, 0.6) is 0 Å². The van der Waals surface area contributed by atoms with Crippen molar-refractivity contribution >= 4 is 11.5 Å². The zero-order valence-electron chi connectivity index (χ0n) is 12.3. The van der Waals surface area contributed by atoms with E-state index < -0.39 is 12.1 Å². The number of aryl methyl sites for hydroxylation is 2. The maximum atomic E-state index is 12.6. The molecule has 0 fully saturated rings. The van der Waals surface area contributed by atoms with E-state index in [0.717, 1.165) is 34.9 Å². The highest BCUT2D eigenvalue weighted by molar-refractivity contribution is 6.07. The average Bonchev–Trinajstić information content (AvgIpc) is 2.92. The van der Waals surface area contributed by atoms with Crippen molar-refractivity contribution in [3.05, 3.63) is 58.7 Å². The normalized spacial score (nSPS) is 23.8. The van der Waals surface area contributed by atoms with Gasteiger partial charge in [0, 0.05) is 11.3 Å². The molecule has 22 heavy (non-hydrogen) atoms. The van der Waals surface area contributed by atoms with Crippen LogP contribution in [0.4, 0.5) is 0 Å². The van der Waals surface area contributed by atoms with E-state index in [2.05, 4.69) is 15.3 Å². The van der Waals surface area contributed by atoms with Gasteiger partial charge in [0.15, 0.2) is 5.78 Å². The monoisotopic (exact) mass is 295 g/mol. The molecule has 5 nitrogen and oxygen atoms in total. The minimum absolute atomic E-state index is 0.186. The number of hydrogen-bond acceptors (Lipinski definition) is 4. The number of nitrogens with one attached hydrogen (secondary N) is 2. The van der Waals surface area contributed by atoms with E-state index >= 15 is 0 Å². The largest absolute Gasteiger partial charge is 0.382 e. The first kappa shape index (κ1) is 13.3. The molecule has 1 aliphatic carbocycles. The number of nitrogens with zero attached hydrogens (tertiary/aromatic N) is 1. The van der Waals surface area contributed by atoms with Gasteiger partial charge in [0.2, 0.25) is 0 Å². The zero-order valence-corrected chi connectivity index (χ0v) is 12.3. The van der Waals surface area contributed by atoms with Crippen LogP contribution in [-0.2, 0) is 11.2 Å². The standard InChI is InChI=1S/C17H17N3O2/c1-9-18-12-8-7-11-14(15(12)19-9)20-13(17(22)16(11)21)10-5-3-2-4-6-10/h2-6,13,17,20,22H,7-8H2,1H3,(H,18,19). The number of carbonyl (C=O) groups is 1. The molecule has 0 saturated carbocycles. The number of aliphatic hydroxyl groups excluding tert-OH is 1. The molecular weight excluding hydrogens is 278 g/mol. The molecule has 2 heterocycles. The van der Waals surface area contributed by atoms with E-state index in [1.165, 1.54) is 0 Å². The van der Waals surface area contributed by atoms with Gasteiger partial charge in [-0.05, 0) is 25.3 Å². The Morgan fingerprint density at radius 2 is 2.00 bits per heavy atom. The van der Waals surface area contributed by atoms with Crippen LogP contribution in [0.2, 0.25) is 0 Å². The lowest BCUT2D eigenvalue weighted by molar-refractivity contribution is -0.125. The minimum Gasteiger partial charge on any atom is -0.382 e. The van der Waals surface area contributed by atoms with Gasteiger partial charge < -0.3 is 15.4 Å². The van der Waals surface area contributed by atoms with E-state index in [4.69, 9.17) is 0 Å². The number of benzene rings is 1. The third-order valence-electron chi connectivity index (χ3n) is 4.40. The number of fused-ring (bicyclic) bond motifs is 2. The van der Waals surface area contributed by atoms with Gasteiger partial charge in [-0.25, -0.2) is 4.98 Å². The first-order chi connectivity index (χ1) is 10.6. The van der Waals surface area contributed by atoms with Crippen LogP contribution >= 0.6 is 0 Å². The molecule has 0 radical (unpaired) electrons. The summed E-state index contributed by atoms with van der Waals surface area (Å²) in [4.78, 5) is 20.3. The maximum Gasteiger partial charge on any atom is 0.191 e. The Hall–Kier alpha value is -2.40. The Bertz CT molecular complexity index is 776. The lowest BCUT2D eigenvalue weighted by Crippen LogP contribution is -2.44. The van der Waals surface area contributed by atoms with Crippen LogP contribution in [0.25, 0.3) is 5.70 Å². The van der Waals surface area contributed by atoms with Crippen LogP contribution in [0.3, 0.4) is 0 Å². The SMILES string of the molecule is Cc1nc2c([nH]1)CCC1=C2NC(c2ccccc2)C(O)C1=O. The molecule has 2 aliphatic rings. The first-order valence-electron chi connectivity index (χ1n) is 7.48. The highest BCUT2D eigenvalue weighted by atomic mass is 16.3. The predicted octanol–water partition coefficient (Wildman–Crippen LogP) is 1.65. The molecule has 1 aromatic carbocycles. The highest BCUT2D eigenvalue weighted by Crippen LogP contribution is 2.36. The summed E-state index contributed by atoms with van der Waals surface area (Å²) in [5, 5.41) is 13.8. The topological polar surface area (TPSA) is 78.0 Å². The molecule has 3 N–H and O–H groups in total. The zero-order chi connectivity index (χ0) is 15.3. The van der Waals surface area contributed by atoms with Crippen molar-refractivity contribution in [2.75, 3.05) is 0 Å². The van der Waals surface area contributed by atoms with Gasteiger partial charge in [-0.2, -0.15) is 0 Å². The number of aliphatic hydroxyl groups is 1. The van der Waals surface area contributed by atoms with Crippen LogP contribution in [0.1, 0.15) is 35.2 Å². The number of rotatable bonds is 1. The second-order valence-corrected chi connectivity index (χ2v) is 5.84. The van der Waals surface area contributed by atoms with Crippen molar-refractivity contribution in [2.24, 2.45) is 0 Å². The molecule has 1 aliphatic heterocycles. The number of carbonyl (C=O) groups excluding carboxylic acids is 1. The quantitative estimate of drug-likeness (QED) is 0.747. The number of H-pyrrole nitrogens is 1. The van der Waals surface area contributed by atoms with Crippen LogP contribution in [-0.4, -0.2) is 27.0 Å². The summed E-state index contributed by atoms with van der Waals surface area (Å²) in [7, 11) is 0. The maximum absolute atomic E-state index is 12.6. The molecule has 0 amide bonds. The number of aromatic nitrogens is 2. The summed E-state index contributed by atoms with van der Waals surface area (Å²) in [6.45, 7) is 1.91. The van der Waals surface area contributed by atoms with E-state index in [1.54, 1.807) is 0 Å². The van der Waals surface area contributed by atoms with Crippen LogP contribution in [0, 0.1) is 6.92 Å². The summed E-state index contributed by atoms with van der Waals surface area (Å²) in [6, 6.07) is 9.13. The second kappa shape index (κ2) is 4.81. The molecule has 5 heteroatoms. The van der Waals surface area contributed by atoms with E-state index in [9.17, 15) is 9.90 Å². The highest BCUT2D eigenvalue weighted by Gasteiger charge is 2.39. The second-order valence-electron chi connectivity index (χ2n) is 5.84. The van der Waals surface area contributed by atoms with Gasteiger partial charge in [-0.15, -0.1) is 0 Å². The molecular formula is C17H17N3O2. The van der Waals surface area contributed by atoms with Crippen molar-refractivity contribution in [1.29, 1.82) is 0 Å². The number of Topliss-reactive ketones (excluding diaryl/α,β-unsaturated/α-hetero) is 1. The third kappa shape index (κ3) is 1.89. The molecule has 1 aromatic heterocycles. The number of ketones is 1. The molecule has 2 unspecified atom stereocenters. The van der Waals surface area contributed by atoms with E-state index in [-0.39, 0.29) is 5.78 Å². The molecule has 112 valence electrons. The molecule has 0 bridgehead atoms. The van der Waals surface area contributed by atoms with Gasteiger partial charge in [0.05, 0.1) is 11.7 Å². The molecule has 0 spiro atoms. The fraction of sp³-hybridized carbons (Fsp3) is 0.294. The Labute approximate surface area is 128 Å². The fourth-order valence-corrected chi connectivity index (χ4v) is 3.34. The number of aromatic amines is 1. The van der Waals surface area contributed by atoms with Crippen LogP contribution < -0.4 is 5.32 Å². The van der Waals surface area contributed by atoms with Crippen molar-refractivity contribution in [3.8, 4) is 0 Å². The fourth-order valence-electron chi connectivity index (χ4n) is 3.34.